The molecule has 146 valence electrons. The van der Waals surface area contributed by atoms with Crippen LogP contribution in [-0.4, -0.2) is 36.0 Å². The zero-order valence-electron chi connectivity index (χ0n) is 16.8. The zero-order chi connectivity index (χ0) is 18.9. The fraction of sp³-hybridized carbons (Fsp3) is 0.900. The van der Waals surface area contributed by atoms with Crippen molar-refractivity contribution >= 4 is 20.5 Å². The maximum atomic E-state index is 12.4. The van der Waals surface area contributed by atoms with Crippen molar-refractivity contribution in [3.05, 3.63) is 0 Å². The summed E-state index contributed by atoms with van der Waals surface area (Å²) >= 11 is 0. The Bertz CT molecular complexity index is 423. The Hall–Kier alpha value is -0.630. The third kappa shape index (κ3) is 7.64. The summed E-state index contributed by atoms with van der Waals surface area (Å²) in [5, 5.41) is 0. The molecule has 0 N–H and O–H groups in total. The first-order valence-corrected chi connectivity index (χ1v) is 11.4. The molecule has 0 amide bonds. The molecule has 2 fully saturated rings. The van der Waals surface area contributed by atoms with E-state index in [4.69, 9.17) is 9.47 Å². The van der Waals surface area contributed by atoms with Gasteiger partial charge in [0.15, 0.2) is 0 Å². The van der Waals surface area contributed by atoms with Crippen LogP contribution in [-0.2, 0) is 19.1 Å². The molecule has 0 aromatic heterocycles. The Kier molecular flexibility index (Phi) is 9.41. The van der Waals surface area contributed by atoms with Gasteiger partial charge in [0, 0.05) is 12.6 Å². The maximum Gasteiger partial charge on any atom is 0.312 e. The number of esters is 2. The highest BCUT2D eigenvalue weighted by Gasteiger charge is 2.51. The first-order chi connectivity index (χ1) is 11.9. The van der Waals surface area contributed by atoms with Crippen LogP contribution < -0.4 is 0 Å². The summed E-state index contributed by atoms with van der Waals surface area (Å²) in [5.41, 5.74) is -0.577. The van der Waals surface area contributed by atoms with Crippen LogP contribution in [0.25, 0.3) is 0 Å². The summed E-state index contributed by atoms with van der Waals surface area (Å²) in [6.45, 7) is 9.75. The van der Waals surface area contributed by atoms with Gasteiger partial charge < -0.3 is 9.47 Å². The standard InChI is InChI=1S/C18H31O4P.C2H6/c1-4-15(19)22-17(2,3)13-23-12-11-18(9-10-18)16(20)21-14-7-5-6-8-14;1-2/h14,23H,4-13H2,1-3H3;1-2H3. The molecule has 4 nitrogen and oxygen atoms in total. The molecule has 2 aliphatic rings. The lowest BCUT2D eigenvalue weighted by Crippen LogP contribution is -2.30. The van der Waals surface area contributed by atoms with Crippen LogP contribution >= 0.6 is 8.58 Å². The number of hydrogen-bond acceptors (Lipinski definition) is 4. The molecule has 0 spiro atoms. The first kappa shape index (κ1) is 22.4. The lowest BCUT2D eigenvalue weighted by atomic mass is 10.0. The topological polar surface area (TPSA) is 52.6 Å². The van der Waals surface area contributed by atoms with Crippen LogP contribution in [0.3, 0.4) is 0 Å². The molecule has 0 bridgehead atoms. The van der Waals surface area contributed by atoms with E-state index in [9.17, 15) is 9.59 Å². The van der Waals surface area contributed by atoms with Gasteiger partial charge in [-0.3, -0.25) is 9.59 Å². The van der Waals surface area contributed by atoms with Gasteiger partial charge in [0.2, 0.25) is 0 Å². The lowest BCUT2D eigenvalue weighted by Gasteiger charge is -2.25. The summed E-state index contributed by atoms with van der Waals surface area (Å²) in [7, 11) is 0.715. The van der Waals surface area contributed by atoms with E-state index in [0.29, 0.717) is 15.0 Å². The molecule has 0 aromatic rings. The van der Waals surface area contributed by atoms with Gasteiger partial charge in [0.1, 0.15) is 11.7 Å². The highest BCUT2D eigenvalue weighted by Crippen LogP contribution is 2.51. The maximum absolute atomic E-state index is 12.4. The second-order valence-corrected chi connectivity index (χ2v) is 8.96. The normalized spacial score (nSPS) is 19.4. The molecule has 1 unspecified atom stereocenters. The Balaban J connectivity index is 0.00000151. The summed E-state index contributed by atoms with van der Waals surface area (Å²) in [4.78, 5) is 23.8. The number of ether oxygens (including phenoxy) is 2. The quantitative estimate of drug-likeness (QED) is 0.322. The van der Waals surface area contributed by atoms with Crippen molar-refractivity contribution in [3.8, 4) is 0 Å². The Morgan fingerprint density at radius 2 is 1.76 bits per heavy atom. The number of carbonyl (C=O) groups is 2. The summed E-state index contributed by atoms with van der Waals surface area (Å²) in [6.07, 6.45) is 9.84. The van der Waals surface area contributed by atoms with Gasteiger partial charge in [0.05, 0.1) is 5.41 Å². The van der Waals surface area contributed by atoms with Gasteiger partial charge in [0.25, 0.3) is 0 Å². The van der Waals surface area contributed by atoms with Gasteiger partial charge in [-0.1, -0.05) is 20.8 Å². The van der Waals surface area contributed by atoms with Crippen molar-refractivity contribution in [2.45, 2.75) is 97.7 Å². The van der Waals surface area contributed by atoms with Crippen molar-refractivity contribution in [3.63, 3.8) is 0 Å². The van der Waals surface area contributed by atoms with Crippen LogP contribution in [0.15, 0.2) is 0 Å². The molecule has 0 radical (unpaired) electrons. The van der Waals surface area contributed by atoms with Gasteiger partial charge in [-0.15, -0.1) is 8.58 Å². The highest BCUT2D eigenvalue weighted by molar-refractivity contribution is 7.38. The molecule has 5 heteroatoms. The highest BCUT2D eigenvalue weighted by atomic mass is 31.1. The van der Waals surface area contributed by atoms with Crippen molar-refractivity contribution < 1.29 is 19.1 Å². The van der Waals surface area contributed by atoms with Gasteiger partial charge in [-0.25, -0.2) is 0 Å². The van der Waals surface area contributed by atoms with E-state index in [0.717, 1.165) is 44.4 Å². The minimum Gasteiger partial charge on any atom is -0.462 e. The molecule has 2 saturated carbocycles. The smallest absolute Gasteiger partial charge is 0.312 e. The van der Waals surface area contributed by atoms with E-state index in [-0.39, 0.29) is 23.5 Å². The number of hydrogen-bond donors (Lipinski definition) is 0. The largest absolute Gasteiger partial charge is 0.462 e. The summed E-state index contributed by atoms with van der Waals surface area (Å²) in [6, 6.07) is 0. The van der Waals surface area contributed by atoms with Crippen LogP contribution in [0, 0.1) is 5.41 Å². The molecule has 25 heavy (non-hydrogen) atoms. The predicted molar refractivity (Wildman–Crippen MR) is 104 cm³/mol. The van der Waals surface area contributed by atoms with Gasteiger partial charge in [-0.05, 0) is 65.0 Å². The van der Waals surface area contributed by atoms with Gasteiger partial charge >= 0.3 is 11.9 Å². The van der Waals surface area contributed by atoms with E-state index < -0.39 is 5.60 Å². The molecule has 0 heterocycles. The second kappa shape index (κ2) is 10.5. The second-order valence-electron chi connectivity index (χ2n) is 7.61. The van der Waals surface area contributed by atoms with Crippen LogP contribution in [0.4, 0.5) is 0 Å². The van der Waals surface area contributed by atoms with E-state index >= 15 is 0 Å². The molecule has 1 atom stereocenters. The van der Waals surface area contributed by atoms with Crippen LogP contribution in [0.5, 0.6) is 0 Å². The van der Waals surface area contributed by atoms with Gasteiger partial charge in [-0.2, -0.15) is 0 Å². The fourth-order valence-corrected chi connectivity index (χ4v) is 4.63. The molecular weight excluding hydrogens is 335 g/mol. The fourth-order valence-electron chi connectivity index (χ4n) is 3.12. The molecule has 0 aliphatic heterocycles. The minimum atomic E-state index is -0.396. The van der Waals surface area contributed by atoms with E-state index in [1.54, 1.807) is 0 Å². The van der Waals surface area contributed by atoms with E-state index in [1.807, 2.05) is 34.6 Å². The average Bonchev–Trinajstić information content (AvgIpc) is 3.21. The lowest BCUT2D eigenvalue weighted by molar-refractivity contribution is -0.155. The van der Waals surface area contributed by atoms with Crippen LogP contribution in [0.2, 0.25) is 0 Å². The monoisotopic (exact) mass is 372 g/mol. The number of rotatable bonds is 9. The van der Waals surface area contributed by atoms with Crippen molar-refractivity contribution in [1.29, 1.82) is 0 Å². The van der Waals surface area contributed by atoms with Crippen LogP contribution in [0.1, 0.15) is 86.0 Å². The molecule has 2 aliphatic carbocycles. The van der Waals surface area contributed by atoms with Crippen molar-refractivity contribution in [2.75, 3.05) is 12.3 Å². The van der Waals surface area contributed by atoms with E-state index in [2.05, 4.69) is 0 Å². The first-order valence-electron chi connectivity index (χ1n) is 10.0. The zero-order valence-corrected chi connectivity index (χ0v) is 17.8. The minimum absolute atomic E-state index is 0.0471. The average molecular weight is 372 g/mol. The predicted octanol–water partition coefficient (Wildman–Crippen LogP) is 5.08. The van der Waals surface area contributed by atoms with Crippen molar-refractivity contribution in [1.82, 2.24) is 0 Å². The Labute approximate surface area is 155 Å². The Morgan fingerprint density at radius 1 is 1.16 bits per heavy atom. The summed E-state index contributed by atoms with van der Waals surface area (Å²) in [5.74, 6) is -0.0931. The van der Waals surface area contributed by atoms with Crippen molar-refractivity contribution in [2.24, 2.45) is 5.41 Å². The molecule has 2 rings (SSSR count). The van der Waals surface area contributed by atoms with E-state index in [1.165, 1.54) is 12.8 Å². The number of carbonyl (C=O) groups excluding carboxylic acids is 2. The molecule has 0 aromatic carbocycles. The third-order valence-electron chi connectivity index (χ3n) is 4.87. The Morgan fingerprint density at radius 3 is 2.28 bits per heavy atom. The molecular formula is C20H37O4P. The molecule has 0 saturated heterocycles. The SMILES string of the molecule is CC.CCC(=O)OC(C)(C)CPCCC1(C(=O)OC2CCCC2)CC1. The summed E-state index contributed by atoms with van der Waals surface area (Å²) < 4.78 is 11.1. The third-order valence-corrected chi connectivity index (χ3v) is 6.58.